The fourth-order valence-electron chi connectivity index (χ4n) is 1.41. The summed E-state index contributed by atoms with van der Waals surface area (Å²) in [6.07, 6.45) is 0.666. The zero-order chi connectivity index (χ0) is 10.9. The van der Waals surface area contributed by atoms with Gasteiger partial charge in [0.05, 0.1) is 0 Å². The quantitative estimate of drug-likeness (QED) is 0.651. The lowest BCUT2D eigenvalue weighted by molar-refractivity contribution is 0.402. The molecule has 0 aromatic heterocycles. The predicted octanol–water partition coefficient (Wildman–Crippen LogP) is 4.38. The number of aryl methyl sites for hydroxylation is 1. The van der Waals surface area contributed by atoms with Crippen molar-refractivity contribution >= 4 is 11.6 Å². The van der Waals surface area contributed by atoms with Crippen molar-refractivity contribution in [1.82, 2.24) is 0 Å². The average Bonchev–Trinajstić information content (AvgIpc) is 2.04. The molecule has 0 saturated carbocycles. The lowest BCUT2D eigenvalue weighted by atomic mass is 9.87. The Labute approximate surface area is 90.1 Å². The predicted molar refractivity (Wildman–Crippen MR) is 59.3 cm³/mol. The standard InChI is InChI=1S/C12H16ClF/c1-8-5-6-10(14)9(11(8)13)7-12(2,3)4/h5-6H,7H2,1-4H3. The van der Waals surface area contributed by atoms with Crippen LogP contribution < -0.4 is 0 Å². The highest BCUT2D eigenvalue weighted by Gasteiger charge is 2.17. The van der Waals surface area contributed by atoms with E-state index in [0.29, 0.717) is 17.0 Å². The molecule has 0 atom stereocenters. The summed E-state index contributed by atoms with van der Waals surface area (Å²) in [7, 11) is 0. The summed E-state index contributed by atoms with van der Waals surface area (Å²) in [4.78, 5) is 0. The molecule has 0 unspecified atom stereocenters. The second-order valence-electron chi connectivity index (χ2n) is 4.89. The van der Waals surface area contributed by atoms with E-state index in [9.17, 15) is 4.39 Å². The minimum Gasteiger partial charge on any atom is -0.207 e. The summed E-state index contributed by atoms with van der Waals surface area (Å²) in [5.74, 6) is -0.199. The maximum Gasteiger partial charge on any atom is 0.127 e. The largest absolute Gasteiger partial charge is 0.207 e. The number of rotatable bonds is 1. The molecule has 78 valence electrons. The normalized spacial score (nSPS) is 11.9. The van der Waals surface area contributed by atoms with Crippen LogP contribution >= 0.6 is 11.6 Å². The monoisotopic (exact) mass is 214 g/mol. The SMILES string of the molecule is Cc1ccc(F)c(CC(C)(C)C)c1Cl. The van der Waals surface area contributed by atoms with Gasteiger partial charge in [0.1, 0.15) is 5.82 Å². The van der Waals surface area contributed by atoms with Gasteiger partial charge in [0.15, 0.2) is 0 Å². The Morgan fingerprint density at radius 3 is 2.36 bits per heavy atom. The molecule has 0 fully saturated rings. The van der Waals surface area contributed by atoms with Crippen LogP contribution in [-0.2, 0) is 6.42 Å². The van der Waals surface area contributed by atoms with Gasteiger partial charge in [-0.1, -0.05) is 38.4 Å². The number of halogens is 2. The summed E-state index contributed by atoms with van der Waals surface area (Å²) >= 11 is 6.06. The zero-order valence-electron chi connectivity index (χ0n) is 9.12. The van der Waals surface area contributed by atoms with Gasteiger partial charge in [-0.05, 0) is 30.4 Å². The fraction of sp³-hybridized carbons (Fsp3) is 0.500. The maximum absolute atomic E-state index is 13.5. The molecule has 14 heavy (non-hydrogen) atoms. The third-order valence-electron chi connectivity index (χ3n) is 2.09. The van der Waals surface area contributed by atoms with Crippen LogP contribution in [0.2, 0.25) is 5.02 Å². The van der Waals surface area contributed by atoms with Crippen LogP contribution in [0.25, 0.3) is 0 Å². The summed E-state index contributed by atoms with van der Waals surface area (Å²) < 4.78 is 13.5. The van der Waals surface area contributed by atoms with E-state index in [2.05, 4.69) is 20.8 Å². The van der Waals surface area contributed by atoms with Gasteiger partial charge in [0.2, 0.25) is 0 Å². The van der Waals surface area contributed by atoms with Gasteiger partial charge in [0, 0.05) is 10.6 Å². The third kappa shape index (κ3) is 2.71. The van der Waals surface area contributed by atoms with E-state index >= 15 is 0 Å². The van der Waals surface area contributed by atoms with Crippen LogP contribution in [0.3, 0.4) is 0 Å². The van der Waals surface area contributed by atoms with Gasteiger partial charge in [-0.3, -0.25) is 0 Å². The van der Waals surface area contributed by atoms with E-state index in [1.54, 1.807) is 6.07 Å². The molecule has 0 aliphatic heterocycles. The molecular weight excluding hydrogens is 199 g/mol. The van der Waals surface area contributed by atoms with Crippen LogP contribution in [0, 0.1) is 18.2 Å². The van der Waals surface area contributed by atoms with Gasteiger partial charge in [0.25, 0.3) is 0 Å². The van der Waals surface area contributed by atoms with E-state index in [4.69, 9.17) is 11.6 Å². The lowest BCUT2D eigenvalue weighted by Gasteiger charge is -2.20. The minimum absolute atomic E-state index is 0.0538. The third-order valence-corrected chi connectivity index (χ3v) is 2.61. The minimum atomic E-state index is -0.199. The summed E-state index contributed by atoms with van der Waals surface area (Å²) in [6.45, 7) is 8.12. The first kappa shape index (κ1) is 11.5. The zero-order valence-corrected chi connectivity index (χ0v) is 9.87. The second kappa shape index (κ2) is 3.90. The molecule has 0 spiro atoms. The van der Waals surface area contributed by atoms with Crippen molar-refractivity contribution in [2.45, 2.75) is 34.1 Å². The first-order valence-electron chi connectivity index (χ1n) is 4.75. The van der Waals surface area contributed by atoms with Crippen molar-refractivity contribution < 1.29 is 4.39 Å². The summed E-state index contributed by atoms with van der Waals surface area (Å²) in [5.41, 5.74) is 1.63. The van der Waals surface area contributed by atoms with Gasteiger partial charge in [-0.25, -0.2) is 4.39 Å². The smallest absolute Gasteiger partial charge is 0.127 e. The second-order valence-corrected chi connectivity index (χ2v) is 5.27. The Balaban J connectivity index is 3.13. The maximum atomic E-state index is 13.5. The molecule has 1 aromatic rings. The van der Waals surface area contributed by atoms with Gasteiger partial charge >= 0.3 is 0 Å². The highest BCUT2D eigenvalue weighted by atomic mass is 35.5. The molecule has 1 rings (SSSR count). The van der Waals surface area contributed by atoms with Crippen molar-refractivity contribution in [2.24, 2.45) is 5.41 Å². The molecule has 0 saturated heterocycles. The van der Waals surface area contributed by atoms with Crippen molar-refractivity contribution in [3.63, 3.8) is 0 Å². The topological polar surface area (TPSA) is 0 Å². The lowest BCUT2D eigenvalue weighted by Crippen LogP contribution is -2.11. The molecule has 0 heterocycles. The first-order chi connectivity index (χ1) is 6.31. The Morgan fingerprint density at radius 1 is 1.29 bits per heavy atom. The highest BCUT2D eigenvalue weighted by molar-refractivity contribution is 6.32. The number of hydrogen-bond acceptors (Lipinski definition) is 0. The van der Waals surface area contributed by atoms with Gasteiger partial charge in [-0.2, -0.15) is 0 Å². The molecule has 0 nitrogen and oxygen atoms in total. The molecule has 1 aromatic carbocycles. The highest BCUT2D eigenvalue weighted by Crippen LogP contribution is 2.29. The first-order valence-corrected chi connectivity index (χ1v) is 5.12. The Bertz CT molecular complexity index is 337. The van der Waals surface area contributed by atoms with Crippen LogP contribution in [0.5, 0.6) is 0 Å². The molecular formula is C12H16ClF. The average molecular weight is 215 g/mol. The van der Waals surface area contributed by atoms with Crippen molar-refractivity contribution in [3.8, 4) is 0 Å². The van der Waals surface area contributed by atoms with Gasteiger partial charge < -0.3 is 0 Å². The van der Waals surface area contributed by atoms with E-state index in [1.807, 2.05) is 6.92 Å². The van der Waals surface area contributed by atoms with Crippen LogP contribution in [0.4, 0.5) is 4.39 Å². The van der Waals surface area contributed by atoms with Crippen LogP contribution in [0.1, 0.15) is 31.9 Å². The molecule has 2 heteroatoms. The number of hydrogen-bond donors (Lipinski definition) is 0. The summed E-state index contributed by atoms with van der Waals surface area (Å²) in [5, 5.41) is 0.569. The van der Waals surface area contributed by atoms with E-state index < -0.39 is 0 Å². The van der Waals surface area contributed by atoms with Crippen LogP contribution in [0.15, 0.2) is 12.1 Å². The molecule has 0 radical (unpaired) electrons. The Morgan fingerprint density at radius 2 is 1.86 bits per heavy atom. The fourth-order valence-corrected chi connectivity index (χ4v) is 1.63. The van der Waals surface area contributed by atoms with Crippen molar-refractivity contribution in [2.75, 3.05) is 0 Å². The van der Waals surface area contributed by atoms with Crippen molar-refractivity contribution in [1.29, 1.82) is 0 Å². The summed E-state index contributed by atoms with van der Waals surface area (Å²) in [6, 6.07) is 3.20. The molecule has 0 N–H and O–H groups in total. The Kier molecular flexibility index (Phi) is 3.20. The van der Waals surface area contributed by atoms with Gasteiger partial charge in [-0.15, -0.1) is 0 Å². The molecule has 0 bridgehead atoms. The molecule has 0 aliphatic carbocycles. The molecule has 0 amide bonds. The number of benzene rings is 1. The van der Waals surface area contributed by atoms with E-state index in [0.717, 1.165) is 5.56 Å². The molecule has 0 aliphatic rings. The van der Waals surface area contributed by atoms with Crippen molar-refractivity contribution in [3.05, 3.63) is 34.1 Å². The Hall–Kier alpha value is -0.560. The van der Waals surface area contributed by atoms with E-state index in [-0.39, 0.29) is 11.2 Å². The van der Waals surface area contributed by atoms with Crippen LogP contribution in [-0.4, -0.2) is 0 Å². The van der Waals surface area contributed by atoms with E-state index in [1.165, 1.54) is 6.07 Å².